The molecule has 0 bridgehead atoms. The maximum absolute atomic E-state index is 12.8. The highest BCUT2D eigenvalue weighted by Gasteiger charge is 2.46. The van der Waals surface area contributed by atoms with Crippen molar-refractivity contribution >= 4 is 5.78 Å². The summed E-state index contributed by atoms with van der Waals surface area (Å²) in [7, 11) is 1.41. The molecule has 0 aromatic carbocycles. The van der Waals surface area contributed by atoms with Crippen molar-refractivity contribution in [2.45, 2.75) is 58.0 Å². The first-order valence-electron chi connectivity index (χ1n) is 5.36. The van der Waals surface area contributed by atoms with Crippen molar-refractivity contribution in [3.05, 3.63) is 0 Å². The Morgan fingerprint density at radius 2 is 1.53 bits per heavy atom. The third-order valence-corrected chi connectivity index (χ3v) is 2.82. The van der Waals surface area contributed by atoms with E-state index < -0.39 is 11.5 Å². The van der Waals surface area contributed by atoms with Gasteiger partial charge in [0.05, 0.1) is 0 Å². The van der Waals surface area contributed by atoms with E-state index in [-0.39, 0.29) is 31.5 Å². The van der Waals surface area contributed by atoms with E-state index in [0.29, 0.717) is 0 Å². The van der Waals surface area contributed by atoms with Gasteiger partial charge in [-0.25, -0.2) is 8.78 Å². The average molecular weight is 222 g/mol. The molecule has 4 heteroatoms. The largest absolute Gasteiger partial charge is 0.370 e. The van der Waals surface area contributed by atoms with Crippen LogP contribution in [0.1, 0.15) is 46.5 Å². The van der Waals surface area contributed by atoms with Gasteiger partial charge in [0.15, 0.2) is 5.78 Å². The number of carbonyl (C=O) groups is 1. The SMILES string of the molecule is CC.COC1(C(C)=O)CCC(F)(F)CC1. The molecule has 0 radical (unpaired) electrons. The molecule has 0 heterocycles. The lowest BCUT2D eigenvalue weighted by molar-refractivity contribution is -0.154. The number of Topliss-reactive ketones (excluding diaryl/α,β-unsaturated/α-hetero) is 1. The molecule has 1 saturated carbocycles. The van der Waals surface area contributed by atoms with Gasteiger partial charge in [0.2, 0.25) is 5.92 Å². The van der Waals surface area contributed by atoms with Crippen LogP contribution in [0.15, 0.2) is 0 Å². The Morgan fingerprint density at radius 1 is 1.13 bits per heavy atom. The fourth-order valence-electron chi connectivity index (χ4n) is 1.72. The molecule has 0 N–H and O–H groups in total. The average Bonchev–Trinajstić information content (AvgIpc) is 2.21. The first kappa shape index (κ1) is 14.5. The fraction of sp³-hybridized carbons (Fsp3) is 0.909. The zero-order valence-electron chi connectivity index (χ0n) is 9.90. The molecular weight excluding hydrogens is 202 g/mol. The fourth-order valence-corrected chi connectivity index (χ4v) is 1.72. The van der Waals surface area contributed by atoms with Crippen LogP contribution in [0.5, 0.6) is 0 Å². The monoisotopic (exact) mass is 222 g/mol. The number of hydrogen-bond donors (Lipinski definition) is 0. The lowest BCUT2D eigenvalue weighted by Crippen LogP contribution is -2.45. The van der Waals surface area contributed by atoms with Crippen LogP contribution in [-0.4, -0.2) is 24.4 Å². The van der Waals surface area contributed by atoms with Gasteiger partial charge in [-0.15, -0.1) is 0 Å². The van der Waals surface area contributed by atoms with E-state index in [1.54, 1.807) is 0 Å². The predicted octanol–water partition coefficient (Wildman–Crippen LogP) is 3.20. The Bertz CT molecular complexity index is 205. The summed E-state index contributed by atoms with van der Waals surface area (Å²) in [6, 6.07) is 0. The number of alkyl halides is 2. The van der Waals surface area contributed by atoms with Gasteiger partial charge in [-0.2, -0.15) is 0 Å². The Labute approximate surface area is 90.0 Å². The second-order valence-electron chi connectivity index (χ2n) is 3.61. The lowest BCUT2D eigenvalue weighted by atomic mass is 9.80. The normalized spacial score (nSPS) is 22.5. The standard InChI is InChI=1S/C9H14F2O2.C2H6/c1-7(12)8(13-2)3-5-9(10,11)6-4-8;1-2/h3-6H2,1-2H3;1-2H3. The molecule has 0 amide bonds. The number of hydrogen-bond acceptors (Lipinski definition) is 2. The maximum atomic E-state index is 12.8. The summed E-state index contributed by atoms with van der Waals surface area (Å²) < 4.78 is 30.6. The van der Waals surface area contributed by atoms with Crippen molar-refractivity contribution in [2.75, 3.05) is 7.11 Å². The summed E-state index contributed by atoms with van der Waals surface area (Å²) in [5.41, 5.74) is -0.943. The molecule has 1 aliphatic carbocycles. The topological polar surface area (TPSA) is 26.3 Å². The van der Waals surface area contributed by atoms with E-state index >= 15 is 0 Å². The molecule has 15 heavy (non-hydrogen) atoms. The van der Waals surface area contributed by atoms with Crippen LogP contribution < -0.4 is 0 Å². The van der Waals surface area contributed by atoms with E-state index in [1.807, 2.05) is 13.8 Å². The van der Waals surface area contributed by atoms with Crippen molar-refractivity contribution in [1.29, 1.82) is 0 Å². The van der Waals surface area contributed by atoms with Gasteiger partial charge in [0.1, 0.15) is 5.60 Å². The zero-order valence-corrected chi connectivity index (χ0v) is 9.90. The number of methoxy groups -OCH3 is 1. The first-order valence-corrected chi connectivity index (χ1v) is 5.36. The zero-order chi connectivity index (χ0) is 12.1. The second-order valence-corrected chi connectivity index (χ2v) is 3.61. The summed E-state index contributed by atoms with van der Waals surface area (Å²) in [6.45, 7) is 5.40. The van der Waals surface area contributed by atoms with Gasteiger partial charge in [-0.1, -0.05) is 13.8 Å². The molecular formula is C11H20F2O2. The van der Waals surface area contributed by atoms with Crippen molar-refractivity contribution in [1.82, 2.24) is 0 Å². The van der Waals surface area contributed by atoms with E-state index in [2.05, 4.69) is 0 Å². The van der Waals surface area contributed by atoms with Crippen molar-refractivity contribution in [2.24, 2.45) is 0 Å². The number of carbonyl (C=O) groups excluding carboxylic acids is 1. The molecule has 0 atom stereocenters. The molecule has 2 nitrogen and oxygen atoms in total. The molecule has 1 aliphatic rings. The van der Waals surface area contributed by atoms with Crippen molar-refractivity contribution in [3.63, 3.8) is 0 Å². The van der Waals surface area contributed by atoms with Gasteiger partial charge in [0.25, 0.3) is 0 Å². The van der Waals surface area contributed by atoms with Crippen molar-refractivity contribution < 1.29 is 18.3 Å². The van der Waals surface area contributed by atoms with Crippen molar-refractivity contribution in [3.8, 4) is 0 Å². The minimum absolute atomic E-state index is 0.131. The van der Waals surface area contributed by atoms with E-state index in [0.717, 1.165) is 0 Å². The third-order valence-electron chi connectivity index (χ3n) is 2.82. The molecule has 0 aliphatic heterocycles. The third kappa shape index (κ3) is 3.52. The highest BCUT2D eigenvalue weighted by molar-refractivity contribution is 5.85. The predicted molar refractivity (Wildman–Crippen MR) is 55.2 cm³/mol. The highest BCUT2D eigenvalue weighted by atomic mass is 19.3. The number of rotatable bonds is 2. The molecule has 0 spiro atoms. The van der Waals surface area contributed by atoms with Crippen LogP contribution in [0, 0.1) is 0 Å². The van der Waals surface area contributed by atoms with E-state index in [9.17, 15) is 13.6 Å². The first-order chi connectivity index (χ1) is 6.92. The van der Waals surface area contributed by atoms with Crippen LogP contribution >= 0.6 is 0 Å². The smallest absolute Gasteiger partial charge is 0.248 e. The number of ketones is 1. The molecule has 1 fully saturated rings. The lowest BCUT2D eigenvalue weighted by Gasteiger charge is -2.36. The summed E-state index contributed by atoms with van der Waals surface area (Å²) in [4.78, 5) is 11.2. The van der Waals surface area contributed by atoms with E-state index in [1.165, 1.54) is 14.0 Å². The number of halogens is 2. The summed E-state index contributed by atoms with van der Waals surface area (Å²) in [6.07, 6.45) is -0.238. The molecule has 0 saturated heterocycles. The second kappa shape index (κ2) is 5.54. The Kier molecular flexibility index (Phi) is 5.35. The Balaban J connectivity index is 0.000000921. The summed E-state index contributed by atoms with van der Waals surface area (Å²) in [5.74, 6) is -2.76. The van der Waals surface area contributed by atoms with Crippen LogP contribution in [0.25, 0.3) is 0 Å². The minimum Gasteiger partial charge on any atom is -0.370 e. The minimum atomic E-state index is -2.61. The van der Waals surface area contributed by atoms with Crippen LogP contribution in [0.4, 0.5) is 8.78 Å². The van der Waals surface area contributed by atoms with Crippen LogP contribution in [0.3, 0.4) is 0 Å². The van der Waals surface area contributed by atoms with Gasteiger partial charge in [0, 0.05) is 20.0 Å². The molecule has 0 unspecified atom stereocenters. The highest BCUT2D eigenvalue weighted by Crippen LogP contribution is 2.40. The van der Waals surface area contributed by atoms with E-state index in [4.69, 9.17) is 4.74 Å². The summed E-state index contributed by atoms with van der Waals surface area (Å²) in [5, 5.41) is 0. The Morgan fingerprint density at radius 3 is 1.80 bits per heavy atom. The molecule has 0 aromatic rings. The van der Waals surface area contributed by atoms with Crippen LogP contribution in [0.2, 0.25) is 0 Å². The quantitative estimate of drug-likeness (QED) is 0.717. The molecule has 0 aromatic heterocycles. The Hall–Kier alpha value is -0.510. The van der Waals surface area contributed by atoms with Gasteiger partial charge >= 0.3 is 0 Å². The molecule has 1 rings (SSSR count). The van der Waals surface area contributed by atoms with Gasteiger partial charge < -0.3 is 4.74 Å². The van der Waals surface area contributed by atoms with Crippen LogP contribution in [-0.2, 0) is 9.53 Å². The molecule has 90 valence electrons. The number of ether oxygens (including phenoxy) is 1. The maximum Gasteiger partial charge on any atom is 0.248 e. The van der Waals surface area contributed by atoms with Gasteiger partial charge in [-0.05, 0) is 19.8 Å². The summed E-state index contributed by atoms with van der Waals surface area (Å²) >= 11 is 0. The van der Waals surface area contributed by atoms with Gasteiger partial charge in [-0.3, -0.25) is 4.79 Å².